The van der Waals surface area contributed by atoms with E-state index in [1.165, 1.54) is 39.9 Å². The Bertz CT molecular complexity index is 1610. The van der Waals surface area contributed by atoms with Crippen LogP contribution in [-0.2, 0) is 19.5 Å². The van der Waals surface area contributed by atoms with E-state index in [1.54, 1.807) is 29.2 Å². The second kappa shape index (κ2) is 11.5. The van der Waals surface area contributed by atoms with Crippen LogP contribution in [0, 0.1) is 5.82 Å². The molecule has 0 aromatic heterocycles. The molecule has 0 radical (unpaired) electrons. The van der Waals surface area contributed by atoms with Gasteiger partial charge in [-0.2, -0.15) is 0 Å². The maximum Gasteiger partial charge on any atom is 0.259 e. The summed E-state index contributed by atoms with van der Waals surface area (Å²) in [6.45, 7) is 3.55. The Morgan fingerprint density at radius 2 is 1.77 bits per heavy atom. The van der Waals surface area contributed by atoms with Crippen molar-refractivity contribution < 1.29 is 18.9 Å². The molecule has 0 aliphatic carbocycles. The number of fused-ring (bicyclic) bond motifs is 3. The highest BCUT2D eigenvalue weighted by Crippen LogP contribution is 2.42. The van der Waals surface area contributed by atoms with Gasteiger partial charge in [0.05, 0.1) is 37.4 Å². The summed E-state index contributed by atoms with van der Waals surface area (Å²) in [5, 5.41) is 3.31. The molecule has 40 heavy (non-hydrogen) atoms. The van der Waals surface area contributed by atoms with Crippen LogP contribution in [0.25, 0.3) is 0 Å². The van der Waals surface area contributed by atoms with Gasteiger partial charge in [0.2, 0.25) is 0 Å². The van der Waals surface area contributed by atoms with E-state index in [1.807, 2.05) is 24.3 Å². The Kier molecular flexibility index (Phi) is 7.61. The third-order valence-corrected chi connectivity index (χ3v) is 9.00. The van der Waals surface area contributed by atoms with Crippen LogP contribution in [0.15, 0.2) is 94.7 Å². The third kappa shape index (κ3) is 5.50. The molecule has 2 N–H and O–H groups in total. The Labute approximate surface area is 241 Å². The second-order valence-corrected chi connectivity index (χ2v) is 11.6. The van der Waals surface area contributed by atoms with Gasteiger partial charge in [-0.3, -0.25) is 9.59 Å². The van der Waals surface area contributed by atoms with Crippen molar-refractivity contribution in [2.24, 2.45) is 0 Å². The zero-order valence-corrected chi connectivity index (χ0v) is 23.3. The molecule has 0 fully saturated rings. The number of quaternary nitrogens is 1. The number of halogens is 2. The number of carbonyl (C=O) groups is 2. The van der Waals surface area contributed by atoms with Crippen LogP contribution in [0.1, 0.15) is 37.4 Å². The number of carbonyl (C=O) groups excluding carboxylic acids is 2. The van der Waals surface area contributed by atoms with Crippen LogP contribution >= 0.6 is 23.4 Å². The number of nitrogens with zero attached hydrogens (tertiary/aromatic N) is 1. The van der Waals surface area contributed by atoms with Gasteiger partial charge in [-0.1, -0.05) is 65.8 Å². The third-order valence-electron chi connectivity index (χ3n) is 7.51. The van der Waals surface area contributed by atoms with Gasteiger partial charge in [0, 0.05) is 32.4 Å². The smallest absolute Gasteiger partial charge is 0.259 e. The van der Waals surface area contributed by atoms with Gasteiger partial charge in [0.25, 0.3) is 11.8 Å². The number of rotatable bonds is 6. The molecule has 2 heterocycles. The molecular formula is C32H28ClFN3O2S+. The molecule has 4 aromatic rings. The molecule has 202 valence electrons. The standard InChI is InChI=1S/C32H27ClFN3O2S/c33-27-18-25(34)11-9-24(27)20-37-28-17-22(10-12-30(28)40-29-8-4-3-7-26(29)32(37)39)31(38)35-14-16-36-15-13-21-5-1-2-6-23(21)19-36/h1-12,17-18H,13-16,19-20H2,(H,35,38)/p+1. The normalized spacial score (nSPS) is 16.0. The van der Waals surface area contributed by atoms with E-state index < -0.39 is 5.82 Å². The number of nitrogens with one attached hydrogen (secondary N) is 2. The van der Waals surface area contributed by atoms with Crippen molar-refractivity contribution in [3.63, 3.8) is 0 Å². The van der Waals surface area contributed by atoms with Crippen molar-refractivity contribution >= 4 is 40.9 Å². The minimum Gasteiger partial charge on any atom is -0.346 e. The minimum absolute atomic E-state index is 0.144. The molecule has 1 atom stereocenters. The first-order chi connectivity index (χ1) is 19.5. The van der Waals surface area contributed by atoms with E-state index in [4.69, 9.17) is 11.6 Å². The summed E-state index contributed by atoms with van der Waals surface area (Å²) in [5.41, 5.74) is 5.09. The lowest BCUT2D eigenvalue weighted by Crippen LogP contribution is -3.12. The predicted molar refractivity (Wildman–Crippen MR) is 156 cm³/mol. The highest BCUT2D eigenvalue weighted by Gasteiger charge is 2.29. The highest BCUT2D eigenvalue weighted by atomic mass is 35.5. The lowest BCUT2D eigenvalue weighted by molar-refractivity contribution is -0.914. The Balaban J connectivity index is 1.22. The van der Waals surface area contributed by atoms with E-state index >= 15 is 0 Å². The Morgan fingerprint density at radius 3 is 2.62 bits per heavy atom. The maximum atomic E-state index is 13.8. The van der Waals surface area contributed by atoms with Crippen molar-refractivity contribution in [1.82, 2.24) is 5.32 Å². The summed E-state index contributed by atoms with van der Waals surface area (Å²) < 4.78 is 13.7. The summed E-state index contributed by atoms with van der Waals surface area (Å²) >= 11 is 7.84. The zero-order valence-electron chi connectivity index (χ0n) is 21.8. The van der Waals surface area contributed by atoms with Crippen LogP contribution in [0.2, 0.25) is 5.02 Å². The Morgan fingerprint density at radius 1 is 0.975 bits per heavy atom. The summed E-state index contributed by atoms with van der Waals surface area (Å²) in [6, 6.07) is 25.6. The van der Waals surface area contributed by atoms with Crippen molar-refractivity contribution in [1.29, 1.82) is 0 Å². The quantitative estimate of drug-likeness (QED) is 0.336. The fourth-order valence-corrected chi connectivity index (χ4v) is 6.64. The molecule has 0 saturated carbocycles. The molecule has 4 aromatic carbocycles. The first-order valence-electron chi connectivity index (χ1n) is 13.3. The number of hydrogen-bond acceptors (Lipinski definition) is 3. The second-order valence-electron chi connectivity index (χ2n) is 10.1. The molecule has 0 saturated heterocycles. The summed E-state index contributed by atoms with van der Waals surface area (Å²) in [5.74, 6) is -0.820. The molecule has 0 bridgehead atoms. The highest BCUT2D eigenvalue weighted by molar-refractivity contribution is 7.99. The van der Waals surface area contributed by atoms with Crippen LogP contribution in [0.5, 0.6) is 0 Å². The van der Waals surface area contributed by atoms with E-state index in [9.17, 15) is 14.0 Å². The lowest BCUT2D eigenvalue weighted by Gasteiger charge is -2.26. The van der Waals surface area contributed by atoms with Crippen molar-refractivity contribution in [2.45, 2.75) is 29.3 Å². The van der Waals surface area contributed by atoms with Gasteiger partial charge >= 0.3 is 0 Å². The van der Waals surface area contributed by atoms with Crippen molar-refractivity contribution in [3.8, 4) is 0 Å². The molecule has 0 spiro atoms. The van der Waals surface area contributed by atoms with Gasteiger partial charge < -0.3 is 15.1 Å². The number of benzene rings is 4. The first kappa shape index (κ1) is 26.6. The summed E-state index contributed by atoms with van der Waals surface area (Å²) in [7, 11) is 0. The molecule has 6 rings (SSSR count). The van der Waals surface area contributed by atoms with Crippen molar-refractivity contribution in [3.05, 3.63) is 124 Å². The van der Waals surface area contributed by atoms with Crippen LogP contribution in [0.3, 0.4) is 0 Å². The average Bonchev–Trinajstić information content (AvgIpc) is 3.08. The SMILES string of the molecule is O=C(NCC[NH+]1CCc2ccccc2C1)c1ccc2c(c1)N(Cc1ccc(F)cc1Cl)C(=O)c1ccccc1S2. The van der Waals surface area contributed by atoms with E-state index in [-0.39, 0.29) is 23.4 Å². The number of hydrogen-bond donors (Lipinski definition) is 2. The predicted octanol–water partition coefficient (Wildman–Crippen LogP) is 5.16. The molecule has 2 aliphatic heterocycles. The monoisotopic (exact) mass is 572 g/mol. The zero-order chi connectivity index (χ0) is 27.6. The maximum absolute atomic E-state index is 13.8. The molecule has 8 heteroatoms. The van der Waals surface area contributed by atoms with E-state index in [0.29, 0.717) is 28.9 Å². The van der Waals surface area contributed by atoms with Gasteiger partial charge in [-0.05, 0) is 53.6 Å². The van der Waals surface area contributed by atoms with Gasteiger partial charge in [0.15, 0.2) is 0 Å². The van der Waals surface area contributed by atoms with Crippen LogP contribution < -0.4 is 15.1 Å². The van der Waals surface area contributed by atoms with E-state index in [0.717, 1.165) is 35.8 Å². The topological polar surface area (TPSA) is 53.9 Å². The molecular weight excluding hydrogens is 545 g/mol. The number of amides is 2. The molecule has 2 aliphatic rings. The molecule has 1 unspecified atom stereocenters. The average molecular weight is 573 g/mol. The van der Waals surface area contributed by atoms with Gasteiger partial charge in [0.1, 0.15) is 12.4 Å². The lowest BCUT2D eigenvalue weighted by atomic mass is 10.00. The first-order valence-corrected chi connectivity index (χ1v) is 14.5. The Hall–Kier alpha value is -3.65. The van der Waals surface area contributed by atoms with E-state index in [2.05, 4.69) is 29.6 Å². The summed E-state index contributed by atoms with van der Waals surface area (Å²) in [4.78, 5) is 31.8. The fraction of sp³-hybridized carbons (Fsp3) is 0.188. The fourth-order valence-electron chi connectivity index (χ4n) is 5.35. The van der Waals surface area contributed by atoms with Gasteiger partial charge in [-0.15, -0.1) is 0 Å². The molecule has 5 nitrogen and oxygen atoms in total. The van der Waals surface area contributed by atoms with Gasteiger partial charge in [-0.25, -0.2) is 4.39 Å². The largest absolute Gasteiger partial charge is 0.346 e. The van der Waals surface area contributed by atoms with Crippen molar-refractivity contribution in [2.75, 3.05) is 24.5 Å². The van der Waals surface area contributed by atoms with Crippen LogP contribution in [0.4, 0.5) is 10.1 Å². The summed E-state index contributed by atoms with van der Waals surface area (Å²) in [6.07, 6.45) is 1.05. The minimum atomic E-state index is -0.438. The number of anilines is 1. The molecule has 2 amide bonds. The van der Waals surface area contributed by atoms with Crippen LogP contribution in [-0.4, -0.2) is 31.4 Å².